The Labute approximate surface area is 129 Å². The summed E-state index contributed by atoms with van der Waals surface area (Å²) in [4.78, 5) is 12.9. The molecule has 120 valence electrons. The Balaban J connectivity index is 1.80. The summed E-state index contributed by atoms with van der Waals surface area (Å²) in [7, 11) is -2.10. The highest BCUT2D eigenvalue weighted by Gasteiger charge is 2.20. The van der Waals surface area contributed by atoms with E-state index in [2.05, 4.69) is 4.72 Å². The number of carbonyl (C=O) groups excluding carboxylic acids is 1. The van der Waals surface area contributed by atoms with E-state index in [1.54, 1.807) is 31.4 Å². The first-order chi connectivity index (χ1) is 10.5. The quantitative estimate of drug-likeness (QED) is 0.799. The standard InChI is InChI=1S/C14H18N2O5S/c1-20-13-5-3-12(4-6-13)11-15-22(18,19)10-9-21-14(17)16-7-2-8-16/h3-6,9-10,15H,2,7-8,11H2,1H3. The summed E-state index contributed by atoms with van der Waals surface area (Å²) in [6, 6.07) is 7.01. The second kappa shape index (κ2) is 7.28. The molecule has 1 fully saturated rings. The van der Waals surface area contributed by atoms with Crippen molar-refractivity contribution in [2.24, 2.45) is 0 Å². The number of hydrogen-bond acceptors (Lipinski definition) is 5. The molecule has 1 aromatic carbocycles. The molecular weight excluding hydrogens is 308 g/mol. The number of ether oxygens (including phenoxy) is 2. The lowest BCUT2D eigenvalue weighted by atomic mass is 10.2. The van der Waals surface area contributed by atoms with Crippen molar-refractivity contribution in [3.8, 4) is 5.75 Å². The molecule has 0 aliphatic carbocycles. The Morgan fingerprint density at radius 2 is 2.00 bits per heavy atom. The molecule has 7 nitrogen and oxygen atoms in total. The Hall–Kier alpha value is -2.06. The zero-order valence-electron chi connectivity index (χ0n) is 12.2. The van der Waals surface area contributed by atoms with E-state index in [0.717, 1.165) is 23.7 Å². The minimum atomic E-state index is -3.66. The van der Waals surface area contributed by atoms with Gasteiger partial charge >= 0.3 is 6.09 Å². The van der Waals surface area contributed by atoms with E-state index < -0.39 is 16.1 Å². The van der Waals surface area contributed by atoms with Crippen molar-refractivity contribution in [3.63, 3.8) is 0 Å². The summed E-state index contributed by atoms with van der Waals surface area (Å²) >= 11 is 0. The molecule has 1 amide bonds. The fourth-order valence-corrected chi connectivity index (χ4v) is 2.37. The van der Waals surface area contributed by atoms with E-state index >= 15 is 0 Å². The maximum Gasteiger partial charge on any atom is 0.414 e. The number of rotatable bonds is 6. The van der Waals surface area contributed by atoms with Crippen LogP contribution in [0.1, 0.15) is 12.0 Å². The van der Waals surface area contributed by atoms with Gasteiger partial charge in [-0.1, -0.05) is 12.1 Å². The van der Waals surface area contributed by atoms with Crippen molar-refractivity contribution in [3.05, 3.63) is 41.5 Å². The van der Waals surface area contributed by atoms with Gasteiger partial charge in [-0.2, -0.15) is 0 Å². The summed E-state index contributed by atoms with van der Waals surface area (Å²) in [6.07, 6.45) is 1.30. The summed E-state index contributed by atoms with van der Waals surface area (Å²) in [5.41, 5.74) is 0.787. The number of sulfonamides is 1. The molecule has 1 aromatic rings. The van der Waals surface area contributed by atoms with E-state index in [0.29, 0.717) is 18.8 Å². The third-order valence-corrected chi connectivity index (χ3v) is 4.17. The molecule has 0 atom stereocenters. The van der Waals surface area contributed by atoms with Crippen LogP contribution in [-0.2, 0) is 21.3 Å². The average molecular weight is 326 g/mol. The molecule has 1 heterocycles. The van der Waals surface area contributed by atoms with Crippen LogP contribution in [0, 0.1) is 0 Å². The summed E-state index contributed by atoms with van der Waals surface area (Å²) in [6.45, 7) is 1.43. The van der Waals surface area contributed by atoms with Gasteiger partial charge in [-0.25, -0.2) is 17.9 Å². The zero-order valence-corrected chi connectivity index (χ0v) is 13.0. The highest BCUT2D eigenvalue weighted by molar-refractivity contribution is 7.92. The molecule has 0 unspecified atom stereocenters. The molecule has 2 rings (SSSR count). The van der Waals surface area contributed by atoms with E-state index in [9.17, 15) is 13.2 Å². The third-order valence-electron chi connectivity index (χ3n) is 3.15. The van der Waals surface area contributed by atoms with Crippen molar-refractivity contribution in [2.75, 3.05) is 20.2 Å². The topological polar surface area (TPSA) is 84.9 Å². The third kappa shape index (κ3) is 4.74. The number of benzene rings is 1. The van der Waals surface area contributed by atoms with E-state index in [1.165, 1.54) is 4.90 Å². The summed E-state index contributed by atoms with van der Waals surface area (Å²) in [5.74, 6) is 0.699. The molecule has 0 bridgehead atoms. The first kappa shape index (κ1) is 16.3. The monoisotopic (exact) mass is 326 g/mol. The van der Waals surface area contributed by atoms with Crippen molar-refractivity contribution in [1.29, 1.82) is 0 Å². The zero-order chi connectivity index (χ0) is 16.0. The largest absolute Gasteiger partial charge is 0.497 e. The molecule has 1 saturated heterocycles. The van der Waals surface area contributed by atoms with E-state index in [-0.39, 0.29) is 6.54 Å². The number of methoxy groups -OCH3 is 1. The SMILES string of the molecule is COc1ccc(CNS(=O)(=O)C=COC(=O)N2CCC2)cc1. The lowest BCUT2D eigenvalue weighted by Crippen LogP contribution is -2.41. The van der Waals surface area contributed by atoms with Crippen LogP contribution in [0.5, 0.6) is 5.75 Å². The number of nitrogens with one attached hydrogen (secondary N) is 1. The van der Waals surface area contributed by atoms with Gasteiger partial charge in [0.1, 0.15) is 12.0 Å². The van der Waals surface area contributed by atoms with Crippen LogP contribution in [0.25, 0.3) is 0 Å². The molecule has 1 N–H and O–H groups in total. The van der Waals surface area contributed by atoms with Crippen molar-refractivity contribution < 1.29 is 22.7 Å². The molecule has 0 spiro atoms. The van der Waals surface area contributed by atoms with Crippen LogP contribution < -0.4 is 9.46 Å². The maximum absolute atomic E-state index is 11.7. The molecular formula is C14H18N2O5S. The van der Waals surface area contributed by atoms with Crippen LogP contribution in [0.3, 0.4) is 0 Å². The molecule has 0 aromatic heterocycles. The first-order valence-electron chi connectivity index (χ1n) is 6.75. The molecule has 1 aliphatic rings. The van der Waals surface area contributed by atoms with E-state index in [1.807, 2.05) is 0 Å². The minimum absolute atomic E-state index is 0.136. The van der Waals surface area contributed by atoms with Crippen LogP contribution in [0.2, 0.25) is 0 Å². The number of amides is 1. The Bertz CT molecular complexity index is 636. The van der Waals surface area contributed by atoms with Crippen molar-refractivity contribution >= 4 is 16.1 Å². The second-order valence-electron chi connectivity index (χ2n) is 4.71. The van der Waals surface area contributed by atoms with Gasteiger partial charge in [0.2, 0.25) is 10.0 Å². The second-order valence-corrected chi connectivity index (χ2v) is 6.36. The van der Waals surface area contributed by atoms with Gasteiger partial charge in [-0.05, 0) is 24.1 Å². The van der Waals surface area contributed by atoms with Gasteiger partial charge in [0.15, 0.2) is 0 Å². The number of carbonyl (C=O) groups is 1. The Kier molecular flexibility index (Phi) is 5.40. The van der Waals surface area contributed by atoms with Gasteiger partial charge in [0.25, 0.3) is 0 Å². The van der Waals surface area contributed by atoms with Gasteiger partial charge in [-0.15, -0.1) is 0 Å². The fraction of sp³-hybridized carbons (Fsp3) is 0.357. The predicted octanol–water partition coefficient (Wildman–Crippen LogP) is 1.43. The van der Waals surface area contributed by atoms with Gasteiger partial charge in [0.05, 0.1) is 12.5 Å². The Morgan fingerprint density at radius 3 is 2.55 bits per heavy atom. The smallest absolute Gasteiger partial charge is 0.414 e. The van der Waals surface area contributed by atoms with Crippen molar-refractivity contribution in [2.45, 2.75) is 13.0 Å². The molecule has 1 aliphatic heterocycles. The summed E-state index contributed by atoms with van der Waals surface area (Å²) in [5, 5.41) is 0.828. The highest BCUT2D eigenvalue weighted by Crippen LogP contribution is 2.11. The number of nitrogens with zero attached hydrogens (tertiary/aromatic N) is 1. The average Bonchev–Trinajstić information content (AvgIpc) is 2.44. The normalized spacial score (nSPS) is 14.7. The lowest BCUT2D eigenvalue weighted by molar-refractivity contribution is 0.111. The van der Waals surface area contributed by atoms with Crippen LogP contribution in [-0.4, -0.2) is 39.6 Å². The molecule has 22 heavy (non-hydrogen) atoms. The van der Waals surface area contributed by atoms with Crippen molar-refractivity contribution in [1.82, 2.24) is 9.62 Å². The fourth-order valence-electron chi connectivity index (χ4n) is 1.71. The summed E-state index contributed by atoms with van der Waals surface area (Å²) < 4.78 is 35.6. The molecule has 8 heteroatoms. The number of hydrogen-bond donors (Lipinski definition) is 1. The molecule has 0 saturated carbocycles. The van der Waals surface area contributed by atoms with Gasteiger partial charge < -0.3 is 14.4 Å². The van der Waals surface area contributed by atoms with Crippen LogP contribution in [0.15, 0.2) is 35.9 Å². The first-order valence-corrected chi connectivity index (χ1v) is 8.29. The lowest BCUT2D eigenvalue weighted by Gasteiger charge is -2.28. The van der Waals surface area contributed by atoms with Gasteiger partial charge in [0, 0.05) is 19.6 Å². The van der Waals surface area contributed by atoms with Gasteiger partial charge in [-0.3, -0.25) is 0 Å². The number of likely N-dealkylation sites (tertiary alicyclic amines) is 1. The minimum Gasteiger partial charge on any atom is -0.497 e. The highest BCUT2D eigenvalue weighted by atomic mass is 32.2. The van der Waals surface area contributed by atoms with E-state index in [4.69, 9.17) is 9.47 Å². The maximum atomic E-state index is 11.7. The molecule has 0 radical (unpaired) electrons. The Morgan fingerprint density at radius 1 is 1.32 bits per heavy atom. The predicted molar refractivity (Wildman–Crippen MR) is 80.6 cm³/mol. The van der Waals surface area contributed by atoms with Crippen LogP contribution >= 0.6 is 0 Å². The van der Waals surface area contributed by atoms with Crippen LogP contribution in [0.4, 0.5) is 4.79 Å².